The van der Waals surface area contributed by atoms with E-state index >= 15 is 0 Å². The number of aromatic nitrogens is 1. The number of pyridine rings is 1. The maximum absolute atomic E-state index is 2.36. The molecule has 0 aliphatic heterocycles. The van der Waals surface area contributed by atoms with E-state index in [-0.39, 0.29) is 0 Å². The number of rotatable bonds is 0. The summed E-state index contributed by atoms with van der Waals surface area (Å²) in [5, 5.41) is 4.16. The van der Waals surface area contributed by atoms with Gasteiger partial charge < -0.3 is 4.40 Å². The van der Waals surface area contributed by atoms with Gasteiger partial charge in [-0.3, -0.25) is 0 Å². The van der Waals surface area contributed by atoms with Crippen LogP contribution in [-0.4, -0.2) is 4.40 Å². The van der Waals surface area contributed by atoms with Gasteiger partial charge in [0.25, 0.3) is 0 Å². The molecule has 1 aliphatic rings. The van der Waals surface area contributed by atoms with Crippen LogP contribution in [0.3, 0.4) is 0 Å². The van der Waals surface area contributed by atoms with E-state index in [1.54, 1.807) is 0 Å². The lowest BCUT2D eigenvalue weighted by molar-refractivity contribution is 1.22. The zero-order chi connectivity index (χ0) is 14.3. The van der Waals surface area contributed by atoms with E-state index in [9.17, 15) is 0 Å². The van der Waals surface area contributed by atoms with Gasteiger partial charge in [0.05, 0.1) is 11.2 Å². The molecule has 0 amide bonds. The molecule has 0 atom stereocenters. The van der Waals surface area contributed by atoms with Gasteiger partial charge in [0.1, 0.15) is 0 Å². The third-order valence-corrected chi connectivity index (χ3v) is 5.96. The first-order valence-electron chi connectivity index (χ1n) is 7.47. The minimum atomic E-state index is 1.30. The maximum Gasteiger partial charge on any atom is 0.0634 e. The molecule has 3 heterocycles. The Kier molecular flexibility index (Phi) is 1.81. The Morgan fingerprint density at radius 1 is 0.773 bits per heavy atom. The van der Waals surface area contributed by atoms with E-state index in [0.29, 0.717) is 0 Å². The van der Waals surface area contributed by atoms with E-state index in [4.69, 9.17) is 0 Å². The Balaban J connectivity index is 1.97. The number of thiophene rings is 1. The summed E-state index contributed by atoms with van der Waals surface area (Å²) in [6, 6.07) is 21.9. The van der Waals surface area contributed by atoms with Crippen molar-refractivity contribution in [3.8, 4) is 21.7 Å². The van der Waals surface area contributed by atoms with Gasteiger partial charge >= 0.3 is 0 Å². The van der Waals surface area contributed by atoms with Gasteiger partial charge in [-0.25, -0.2) is 0 Å². The predicted molar refractivity (Wildman–Crippen MR) is 94.7 cm³/mol. The highest BCUT2D eigenvalue weighted by Crippen LogP contribution is 2.55. The normalized spacial score (nSPS) is 12.5. The van der Waals surface area contributed by atoms with Gasteiger partial charge in [-0.15, -0.1) is 11.3 Å². The van der Waals surface area contributed by atoms with Crippen molar-refractivity contribution in [2.24, 2.45) is 0 Å². The highest BCUT2D eigenvalue weighted by molar-refractivity contribution is 7.23. The van der Waals surface area contributed by atoms with Crippen molar-refractivity contribution in [1.29, 1.82) is 0 Å². The molecule has 0 radical (unpaired) electrons. The topological polar surface area (TPSA) is 4.41 Å². The van der Waals surface area contributed by atoms with E-state index < -0.39 is 0 Å². The Bertz CT molecular complexity index is 1220. The predicted octanol–water partition coefficient (Wildman–Crippen LogP) is 5.95. The van der Waals surface area contributed by atoms with Crippen LogP contribution in [0.25, 0.3) is 48.1 Å². The Morgan fingerprint density at radius 2 is 1.64 bits per heavy atom. The lowest BCUT2D eigenvalue weighted by Gasteiger charge is -2.01. The summed E-state index contributed by atoms with van der Waals surface area (Å²) < 4.78 is 3.74. The standard InChI is InChI=1S/C20H11NS/c1-2-10-16-13(6-1)18-19-17-12(15-9-3-4-11-21(15)19)7-5-8-14(17)20(18)22-16/h1-11H. The minimum Gasteiger partial charge on any atom is -0.315 e. The van der Waals surface area contributed by atoms with Gasteiger partial charge in [-0.05, 0) is 18.2 Å². The van der Waals surface area contributed by atoms with Crippen LogP contribution < -0.4 is 0 Å². The highest BCUT2D eigenvalue weighted by atomic mass is 32.1. The Hall–Kier alpha value is -2.58. The fraction of sp³-hybridized carbons (Fsp3) is 0. The SMILES string of the molecule is c1ccc2c3c(sc2c1)-c1cccc2c1c-3n1ccccc21. The fourth-order valence-corrected chi connectivity index (χ4v) is 5.14. The molecule has 6 rings (SSSR count). The minimum absolute atomic E-state index is 1.30. The smallest absolute Gasteiger partial charge is 0.0634 e. The van der Waals surface area contributed by atoms with Crippen molar-refractivity contribution in [2.45, 2.75) is 0 Å². The molecule has 102 valence electrons. The molecule has 2 aromatic carbocycles. The fourth-order valence-electron chi connectivity index (χ4n) is 3.90. The van der Waals surface area contributed by atoms with Crippen molar-refractivity contribution in [3.05, 3.63) is 66.9 Å². The van der Waals surface area contributed by atoms with Crippen LogP contribution in [0.15, 0.2) is 66.9 Å². The van der Waals surface area contributed by atoms with E-state index in [2.05, 4.69) is 71.3 Å². The van der Waals surface area contributed by atoms with Crippen molar-refractivity contribution in [1.82, 2.24) is 4.40 Å². The van der Waals surface area contributed by atoms with Crippen molar-refractivity contribution >= 4 is 37.7 Å². The van der Waals surface area contributed by atoms with E-state index in [0.717, 1.165) is 0 Å². The maximum atomic E-state index is 2.36. The molecule has 0 spiro atoms. The summed E-state index contributed by atoms with van der Waals surface area (Å²) in [4.78, 5) is 1.43. The van der Waals surface area contributed by atoms with Gasteiger partial charge in [0.2, 0.25) is 0 Å². The molecule has 3 aromatic heterocycles. The summed E-state index contributed by atoms with van der Waals surface area (Å²) >= 11 is 1.92. The second kappa shape index (κ2) is 3.60. The van der Waals surface area contributed by atoms with Crippen molar-refractivity contribution in [2.75, 3.05) is 0 Å². The second-order valence-corrected chi connectivity index (χ2v) is 6.89. The number of fused-ring (bicyclic) bond motifs is 8. The Morgan fingerprint density at radius 3 is 2.64 bits per heavy atom. The van der Waals surface area contributed by atoms with Gasteiger partial charge in [-0.2, -0.15) is 0 Å². The lowest BCUT2D eigenvalue weighted by atomic mass is 10.1. The molecule has 0 bridgehead atoms. The summed E-state index contributed by atoms with van der Waals surface area (Å²) in [5.41, 5.74) is 5.48. The largest absolute Gasteiger partial charge is 0.315 e. The molecule has 22 heavy (non-hydrogen) atoms. The van der Waals surface area contributed by atoms with Crippen LogP contribution in [0, 0.1) is 0 Å². The average molecular weight is 297 g/mol. The van der Waals surface area contributed by atoms with Crippen LogP contribution in [0.1, 0.15) is 0 Å². The molecule has 0 saturated carbocycles. The number of hydrogen-bond acceptors (Lipinski definition) is 1. The first-order chi connectivity index (χ1) is 10.9. The molecule has 0 N–H and O–H groups in total. The van der Waals surface area contributed by atoms with Gasteiger partial charge in [0.15, 0.2) is 0 Å². The number of benzene rings is 2. The van der Waals surface area contributed by atoms with Crippen LogP contribution in [0.4, 0.5) is 0 Å². The summed E-state index contributed by atoms with van der Waals surface area (Å²) in [6.45, 7) is 0. The average Bonchev–Trinajstić information content (AvgIpc) is 3.19. The molecule has 2 heteroatoms. The molecule has 1 nitrogen and oxygen atoms in total. The van der Waals surface area contributed by atoms with Gasteiger partial charge in [0, 0.05) is 43.1 Å². The monoisotopic (exact) mass is 297 g/mol. The first kappa shape index (κ1) is 11.0. The zero-order valence-corrected chi connectivity index (χ0v) is 12.5. The third kappa shape index (κ3) is 1.10. The van der Waals surface area contributed by atoms with Crippen molar-refractivity contribution < 1.29 is 0 Å². The van der Waals surface area contributed by atoms with Crippen LogP contribution >= 0.6 is 11.3 Å². The van der Waals surface area contributed by atoms with E-state index in [1.807, 2.05) is 11.3 Å². The second-order valence-electron chi connectivity index (χ2n) is 5.83. The summed E-state index contributed by atoms with van der Waals surface area (Å²) in [6.07, 6.45) is 2.19. The molecule has 0 unspecified atom stereocenters. The quantitative estimate of drug-likeness (QED) is 0.326. The van der Waals surface area contributed by atoms with E-state index in [1.165, 1.54) is 48.1 Å². The number of hydrogen-bond donors (Lipinski definition) is 0. The molecule has 5 aromatic rings. The Labute approximate surface area is 131 Å². The number of nitrogens with zero attached hydrogens (tertiary/aromatic N) is 1. The lowest BCUT2D eigenvalue weighted by Crippen LogP contribution is -1.85. The molecule has 0 fully saturated rings. The van der Waals surface area contributed by atoms with Crippen LogP contribution in [0.5, 0.6) is 0 Å². The summed E-state index contributed by atoms with van der Waals surface area (Å²) in [7, 11) is 0. The molecular formula is C20H11NS. The van der Waals surface area contributed by atoms with Crippen LogP contribution in [-0.2, 0) is 0 Å². The van der Waals surface area contributed by atoms with Crippen molar-refractivity contribution in [3.63, 3.8) is 0 Å². The molecule has 0 saturated heterocycles. The molecule has 1 aliphatic carbocycles. The first-order valence-corrected chi connectivity index (χ1v) is 8.29. The summed E-state index contributed by atoms with van der Waals surface area (Å²) in [5.74, 6) is 0. The van der Waals surface area contributed by atoms with Crippen LogP contribution in [0.2, 0.25) is 0 Å². The van der Waals surface area contributed by atoms with Gasteiger partial charge in [-0.1, -0.05) is 42.5 Å². The third-order valence-electron chi connectivity index (χ3n) is 4.75. The molecular weight excluding hydrogens is 286 g/mol. The zero-order valence-electron chi connectivity index (χ0n) is 11.7. The highest BCUT2D eigenvalue weighted by Gasteiger charge is 2.29.